The van der Waals surface area contributed by atoms with E-state index in [4.69, 9.17) is 23.2 Å². The zero-order chi connectivity index (χ0) is 21.9. The van der Waals surface area contributed by atoms with Crippen molar-refractivity contribution in [1.82, 2.24) is 10.2 Å². The molecule has 0 aliphatic heterocycles. The van der Waals surface area contributed by atoms with Gasteiger partial charge < -0.3 is 10.2 Å². The lowest BCUT2D eigenvalue weighted by Crippen LogP contribution is -2.47. The minimum atomic E-state index is -0.578. The second-order valence-electron chi connectivity index (χ2n) is 6.99. The zero-order valence-corrected chi connectivity index (χ0v) is 19.7. The van der Waals surface area contributed by atoms with Gasteiger partial charge in [-0.25, -0.2) is 0 Å². The SMILES string of the molecule is CCCCNC(=O)[C@H](C)N(Cc1ccccc1Cl)C(=O)CCSc1ccc(Cl)cc1. The van der Waals surface area contributed by atoms with Crippen LogP contribution >= 0.6 is 35.0 Å². The van der Waals surface area contributed by atoms with E-state index in [1.54, 1.807) is 29.7 Å². The fraction of sp³-hybridized carbons (Fsp3) is 0.391. The summed E-state index contributed by atoms with van der Waals surface area (Å²) in [6, 6.07) is 14.4. The Kier molecular flexibility index (Phi) is 10.6. The Morgan fingerprint density at radius 1 is 1.10 bits per heavy atom. The van der Waals surface area contributed by atoms with Gasteiger partial charge in [0.05, 0.1) is 0 Å². The maximum Gasteiger partial charge on any atom is 0.242 e. The van der Waals surface area contributed by atoms with Crippen LogP contribution in [0.5, 0.6) is 0 Å². The van der Waals surface area contributed by atoms with Crippen molar-refractivity contribution in [3.63, 3.8) is 0 Å². The molecule has 0 fully saturated rings. The number of hydrogen-bond acceptors (Lipinski definition) is 3. The molecular weight excluding hydrogens is 439 g/mol. The molecule has 0 bridgehead atoms. The molecule has 1 N–H and O–H groups in total. The molecule has 162 valence electrons. The molecule has 2 aromatic carbocycles. The number of amides is 2. The maximum absolute atomic E-state index is 13.0. The van der Waals surface area contributed by atoms with Gasteiger partial charge in [-0.3, -0.25) is 9.59 Å². The number of benzene rings is 2. The summed E-state index contributed by atoms with van der Waals surface area (Å²) in [6.45, 7) is 4.75. The van der Waals surface area contributed by atoms with Gasteiger partial charge in [-0.05, 0) is 49.2 Å². The summed E-state index contributed by atoms with van der Waals surface area (Å²) in [5.41, 5.74) is 0.825. The quantitative estimate of drug-likeness (QED) is 0.335. The molecule has 2 amide bonds. The Balaban J connectivity index is 2.04. The Morgan fingerprint density at radius 3 is 2.47 bits per heavy atom. The van der Waals surface area contributed by atoms with Gasteiger partial charge in [-0.15, -0.1) is 11.8 Å². The molecule has 4 nitrogen and oxygen atoms in total. The van der Waals surface area contributed by atoms with E-state index >= 15 is 0 Å². The minimum absolute atomic E-state index is 0.0745. The van der Waals surface area contributed by atoms with E-state index in [1.807, 2.05) is 42.5 Å². The molecule has 0 unspecified atom stereocenters. The molecule has 1 atom stereocenters. The lowest BCUT2D eigenvalue weighted by molar-refractivity contribution is -0.140. The van der Waals surface area contributed by atoms with Crippen LogP contribution in [0.3, 0.4) is 0 Å². The molecule has 0 aromatic heterocycles. The van der Waals surface area contributed by atoms with E-state index in [9.17, 15) is 9.59 Å². The Morgan fingerprint density at radius 2 is 1.80 bits per heavy atom. The first kappa shape index (κ1) is 24.6. The molecule has 2 rings (SSSR count). The number of carbonyl (C=O) groups excluding carboxylic acids is 2. The standard InChI is InChI=1S/C23H28Cl2N2O2S/c1-3-4-14-26-23(29)17(2)27(16-18-7-5-6-8-21(18)25)22(28)13-15-30-20-11-9-19(24)10-12-20/h5-12,17H,3-4,13-16H2,1-2H3,(H,26,29)/t17-/m0/s1. The summed E-state index contributed by atoms with van der Waals surface area (Å²) in [4.78, 5) is 28.3. The highest BCUT2D eigenvalue weighted by Crippen LogP contribution is 2.23. The van der Waals surface area contributed by atoms with Crippen LogP contribution in [0.15, 0.2) is 53.4 Å². The maximum atomic E-state index is 13.0. The molecule has 7 heteroatoms. The summed E-state index contributed by atoms with van der Waals surface area (Å²) in [6.07, 6.45) is 2.23. The molecule has 30 heavy (non-hydrogen) atoms. The van der Waals surface area contributed by atoms with Crippen LogP contribution in [-0.4, -0.2) is 35.1 Å². The van der Waals surface area contributed by atoms with Crippen molar-refractivity contribution in [3.05, 3.63) is 64.1 Å². The third-order valence-electron chi connectivity index (χ3n) is 4.69. The number of hydrogen-bond donors (Lipinski definition) is 1. The summed E-state index contributed by atoms with van der Waals surface area (Å²) >= 11 is 13.8. The van der Waals surface area contributed by atoms with E-state index in [0.29, 0.717) is 35.3 Å². The van der Waals surface area contributed by atoms with Gasteiger partial charge in [0.2, 0.25) is 11.8 Å². The van der Waals surface area contributed by atoms with E-state index in [1.165, 1.54) is 0 Å². The van der Waals surface area contributed by atoms with Crippen molar-refractivity contribution in [1.29, 1.82) is 0 Å². The molecule has 0 spiro atoms. The first-order valence-corrected chi connectivity index (χ1v) is 11.9. The van der Waals surface area contributed by atoms with Crippen molar-refractivity contribution in [2.75, 3.05) is 12.3 Å². The second kappa shape index (κ2) is 12.9. The van der Waals surface area contributed by atoms with Gasteiger partial charge in [0, 0.05) is 40.2 Å². The average Bonchev–Trinajstić information content (AvgIpc) is 2.74. The number of rotatable bonds is 11. The fourth-order valence-corrected chi connectivity index (χ4v) is 4.02. The highest BCUT2D eigenvalue weighted by Gasteiger charge is 2.26. The second-order valence-corrected chi connectivity index (χ2v) is 9.00. The molecule has 0 heterocycles. The number of carbonyl (C=O) groups is 2. The normalized spacial score (nSPS) is 11.7. The number of halogens is 2. The number of nitrogens with one attached hydrogen (secondary N) is 1. The van der Waals surface area contributed by atoms with Crippen LogP contribution in [0.2, 0.25) is 10.0 Å². The number of unbranched alkanes of at least 4 members (excludes halogenated alkanes) is 1. The molecule has 0 radical (unpaired) electrons. The topological polar surface area (TPSA) is 49.4 Å². The minimum Gasteiger partial charge on any atom is -0.354 e. The number of nitrogens with zero attached hydrogens (tertiary/aromatic N) is 1. The van der Waals surface area contributed by atoms with Crippen molar-refractivity contribution in [2.45, 2.75) is 50.6 Å². The van der Waals surface area contributed by atoms with Gasteiger partial charge in [-0.2, -0.15) is 0 Å². The smallest absolute Gasteiger partial charge is 0.242 e. The summed E-state index contributed by atoms with van der Waals surface area (Å²) in [5, 5.41) is 4.19. The highest BCUT2D eigenvalue weighted by atomic mass is 35.5. The monoisotopic (exact) mass is 466 g/mol. The van der Waals surface area contributed by atoms with Crippen molar-refractivity contribution >= 4 is 46.8 Å². The third kappa shape index (κ3) is 7.86. The summed E-state index contributed by atoms with van der Waals surface area (Å²) in [7, 11) is 0. The van der Waals surface area contributed by atoms with Crippen LogP contribution in [0, 0.1) is 0 Å². The van der Waals surface area contributed by atoms with E-state index in [-0.39, 0.29) is 11.8 Å². The largest absolute Gasteiger partial charge is 0.354 e. The summed E-state index contributed by atoms with van der Waals surface area (Å²) < 4.78 is 0. The van der Waals surface area contributed by atoms with Crippen LogP contribution in [0.4, 0.5) is 0 Å². The van der Waals surface area contributed by atoms with E-state index in [2.05, 4.69) is 12.2 Å². The Hall–Kier alpha value is -1.69. The molecule has 2 aromatic rings. The number of thioether (sulfide) groups is 1. The molecule has 0 saturated heterocycles. The fourth-order valence-electron chi connectivity index (χ4n) is 2.86. The first-order chi connectivity index (χ1) is 14.4. The third-order valence-corrected chi connectivity index (χ3v) is 6.33. The van der Waals surface area contributed by atoms with Crippen molar-refractivity contribution in [2.24, 2.45) is 0 Å². The Bertz CT molecular complexity index is 830. The zero-order valence-electron chi connectivity index (χ0n) is 17.4. The lowest BCUT2D eigenvalue weighted by atomic mass is 10.1. The highest BCUT2D eigenvalue weighted by molar-refractivity contribution is 7.99. The van der Waals surface area contributed by atoms with E-state index in [0.717, 1.165) is 23.3 Å². The molecular formula is C23H28Cl2N2O2S. The van der Waals surface area contributed by atoms with Crippen molar-refractivity contribution < 1.29 is 9.59 Å². The summed E-state index contributed by atoms with van der Waals surface area (Å²) in [5.74, 6) is 0.396. The lowest BCUT2D eigenvalue weighted by Gasteiger charge is -2.29. The molecule has 0 aliphatic rings. The van der Waals surface area contributed by atoms with Crippen LogP contribution in [-0.2, 0) is 16.1 Å². The predicted molar refractivity (Wildman–Crippen MR) is 126 cm³/mol. The molecule has 0 aliphatic carbocycles. The van der Waals surface area contributed by atoms with Gasteiger partial charge in [0.25, 0.3) is 0 Å². The predicted octanol–water partition coefficient (Wildman–Crippen LogP) is 5.81. The average molecular weight is 467 g/mol. The van der Waals surface area contributed by atoms with Crippen molar-refractivity contribution in [3.8, 4) is 0 Å². The Labute approximate surface area is 193 Å². The first-order valence-electron chi connectivity index (χ1n) is 10.1. The van der Waals surface area contributed by atoms with Gasteiger partial charge in [0.15, 0.2) is 0 Å². The van der Waals surface area contributed by atoms with Crippen LogP contribution < -0.4 is 5.32 Å². The van der Waals surface area contributed by atoms with E-state index < -0.39 is 6.04 Å². The van der Waals surface area contributed by atoms with Crippen LogP contribution in [0.1, 0.15) is 38.7 Å². The van der Waals surface area contributed by atoms with Crippen LogP contribution in [0.25, 0.3) is 0 Å². The van der Waals surface area contributed by atoms with Gasteiger partial charge in [-0.1, -0.05) is 54.7 Å². The van der Waals surface area contributed by atoms with Gasteiger partial charge in [0.1, 0.15) is 6.04 Å². The molecule has 0 saturated carbocycles. The van der Waals surface area contributed by atoms with Gasteiger partial charge >= 0.3 is 0 Å².